The number of fused-ring (bicyclic) bond motifs is 2. The lowest BCUT2D eigenvalue weighted by Crippen LogP contribution is -2.23. The Morgan fingerprint density at radius 1 is 1.28 bits per heavy atom. The van der Waals surface area contributed by atoms with Gasteiger partial charge in [0.2, 0.25) is 5.95 Å². The van der Waals surface area contributed by atoms with Crippen LogP contribution >= 0.6 is 0 Å². The molecule has 1 N–H and O–H groups in total. The molecule has 152 valence electrons. The number of aromatic nitrogens is 4. The maximum atomic E-state index is 14.4. The zero-order valence-corrected chi connectivity index (χ0v) is 16.5. The summed E-state index contributed by atoms with van der Waals surface area (Å²) in [5, 5.41) is 11.4. The van der Waals surface area contributed by atoms with Crippen molar-refractivity contribution < 1.29 is 17.5 Å². The summed E-state index contributed by atoms with van der Waals surface area (Å²) in [7, 11) is -2.94. The van der Waals surface area contributed by atoms with E-state index in [4.69, 9.17) is 4.74 Å². The van der Waals surface area contributed by atoms with Crippen molar-refractivity contribution in [3.8, 4) is 5.75 Å². The van der Waals surface area contributed by atoms with Crippen molar-refractivity contribution in [2.24, 2.45) is 0 Å². The van der Waals surface area contributed by atoms with Gasteiger partial charge in [-0.05, 0) is 30.9 Å². The number of anilines is 1. The molecule has 0 spiro atoms. The van der Waals surface area contributed by atoms with Crippen LogP contribution in [0.15, 0.2) is 24.7 Å². The Hall–Kier alpha value is -2.75. The molecular weight excluding hydrogens is 397 g/mol. The largest absolute Gasteiger partial charge is 0.493 e. The van der Waals surface area contributed by atoms with Crippen molar-refractivity contribution in [1.29, 1.82) is 0 Å². The molecule has 0 bridgehead atoms. The lowest BCUT2D eigenvalue weighted by molar-refractivity contribution is 0.356. The van der Waals surface area contributed by atoms with E-state index in [1.54, 1.807) is 23.0 Å². The van der Waals surface area contributed by atoms with Crippen LogP contribution in [0.3, 0.4) is 0 Å². The highest BCUT2D eigenvalue weighted by Crippen LogP contribution is 2.33. The van der Waals surface area contributed by atoms with E-state index in [2.05, 4.69) is 20.5 Å². The second kappa shape index (κ2) is 6.94. The average Bonchev–Trinajstić information content (AvgIpc) is 3.37. The molecule has 0 unspecified atom stereocenters. The average molecular weight is 417 g/mol. The molecule has 3 aromatic rings. The van der Waals surface area contributed by atoms with Crippen molar-refractivity contribution in [2.75, 3.05) is 23.4 Å². The summed E-state index contributed by atoms with van der Waals surface area (Å²) >= 11 is 0. The smallest absolute Gasteiger partial charge is 0.210 e. The molecule has 8 nitrogen and oxygen atoms in total. The molecule has 10 heteroatoms. The molecule has 0 atom stereocenters. The van der Waals surface area contributed by atoms with Crippen molar-refractivity contribution in [3.63, 3.8) is 0 Å². The van der Waals surface area contributed by atoms with Gasteiger partial charge >= 0.3 is 0 Å². The van der Waals surface area contributed by atoms with Gasteiger partial charge in [-0.1, -0.05) is 0 Å². The standard InChI is InChI=1S/C19H20FN5O3S/c20-16-1-2-17-13(3-6-28-17)15(16)10-22-19-21-9-14(18-24-23-11-25(18)19)12-4-7-29(26,27)8-5-12/h1-2,9,11-12H,3-8,10H2,(H,21,22). The minimum absolute atomic E-state index is 0.0822. The Labute approximate surface area is 167 Å². The van der Waals surface area contributed by atoms with Crippen LogP contribution in [-0.4, -0.2) is 46.1 Å². The molecule has 2 aliphatic rings. The number of nitrogens with zero attached hydrogens (tertiary/aromatic N) is 4. The highest BCUT2D eigenvalue weighted by molar-refractivity contribution is 7.91. The summed E-state index contributed by atoms with van der Waals surface area (Å²) in [5.74, 6) is 1.40. The van der Waals surface area contributed by atoms with Gasteiger partial charge in [0.25, 0.3) is 0 Å². The van der Waals surface area contributed by atoms with Crippen LogP contribution in [0.4, 0.5) is 10.3 Å². The number of hydrogen-bond donors (Lipinski definition) is 1. The van der Waals surface area contributed by atoms with Crippen molar-refractivity contribution in [2.45, 2.75) is 31.7 Å². The fourth-order valence-corrected chi connectivity index (χ4v) is 5.62. The van der Waals surface area contributed by atoms with Gasteiger partial charge in [-0.25, -0.2) is 17.8 Å². The first-order chi connectivity index (χ1) is 14.0. The molecule has 0 aliphatic carbocycles. The van der Waals surface area contributed by atoms with Gasteiger partial charge < -0.3 is 10.1 Å². The number of ether oxygens (including phenoxy) is 1. The monoisotopic (exact) mass is 417 g/mol. The Morgan fingerprint density at radius 2 is 2.10 bits per heavy atom. The molecular formula is C19H20FN5O3S. The molecule has 1 aromatic carbocycles. The van der Waals surface area contributed by atoms with E-state index in [0.717, 1.165) is 16.9 Å². The summed E-state index contributed by atoms with van der Waals surface area (Å²) < 4.78 is 45.1. The third-order valence-corrected chi connectivity index (χ3v) is 7.43. The molecule has 0 radical (unpaired) electrons. The molecule has 0 saturated carbocycles. The zero-order chi connectivity index (χ0) is 20.0. The summed E-state index contributed by atoms with van der Waals surface area (Å²) in [6.07, 6.45) is 5.08. The summed E-state index contributed by atoms with van der Waals surface area (Å²) in [5.41, 5.74) is 3.00. The van der Waals surface area contributed by atoms with Crippen LogP contribution < -0.4 is 10.1 Å². The van der Waals surface area contributed by atoms with E-state index in [9.17, 15) is 12.8 Å². The van der Waals surface area contributed by atoms with Crippen molar-refractivity contribution in [1.82, 2.24) is 19.6 Å². The van der Waals surface area contributed by atoms with Gasteiger partial charge in [-0.15, -0.1) is 10.2 Å². The van der Waals surface area contributed by atoms with E-state index in [1.807, 2.05) is 0 Å². The fraction of sp³-hybridized carbons (Fsp3) is 0.421. The van der Waals surface area contributed by atoms with Crippen LogP contribution in [0.25, 0.3) is 5.65 Å². The van der Waals surface area contributed by atoms with E-state index in [1.165, 1.54) is 6.07 Å². The van der Waals surface area contributed by atoms with Crippen LogP contribution in [0, 0.1) is 5.82 Å². The maximum Gasteiger partial charge on any atom is 0.210 e. The van der Waals surface area contributed by atoms with Gasteiger partial charge in [0.1, 0.15) is 27.7 Å². The lowest BCUT2D eigenvalue weighted by atomic mass is 9.95. The minimum Gasteiger partial charge on any atom is -0.493 e. The second-order valence-electron chi connectivity index (χ2n) is 7.44. The van der Waals surface area contributed by atoms with Gasteiger partial charge in [-0.3, -0.25) is 4.40 Å². The summed E-state index contributed by atoms with van der Waals surface area (Å²) in [6, 6.07) is 3.08. The molecule has 4 heterocycles. The molecule has 1 fully saturated rings. The highest BCUT2D eigenvalue weighted by Gasteiger charge is 2.27. The first kappa shape index (κ1) is 18.3. The highest BCUT2D eigenvalue weighted by atomic mass is 32.2. The third kappa shape index (κ3) is 3.31. The second-order valence-corrected chi connectivity index (χ2v) is 9.75. The molecule has 29 heavy (non-hydrogen) atoms. The Morgan fingerprint density at radius 3 is 2.93 bits per heavy atom. The SMILES string of the molecule is O=S1(=O)CCC(c2cnc(NCc3c(F)ccc4c3CCO4)n3cnnc23)CC1. The van der Waals surface area contributed by atoms with Crippen LogP contribution in [0.2, 0.25) is 0 Å². The zero-order valence-electron chi connectivity index (χ0n) is 15.6. The summed E-state index contributed by atoms with van der Waals surface area (Å²) in [4.78, 5) is 4.50. The number of nitrogens with one attached hydrogen (secondary N) is 1. The fourth-order valence-electron chi connectivity index (χ4n) is 4.13. The first-order valence-electron chi connectivity index (χ1n) is 9.58. The topological polar surface area (TPSA) is 98.5 Å². The van der Waals surface area contributed by atoms with Gasteiger partial charge in [0, 0.05) is 35.9 Å². The summed E-state index contributed by atoms with van der Waals surface area (Å²) in [6.45, 7) is 0.825. The van der Waals surface area contributed by atoms with Gasteiger partial charge in [0.05, 0.1) is 18.1 Å². The molecule has 0 amide bonds. The molecule has 1 saturated heterocycles. The van der Waals surface area contributed by atoms with E-state index in [0.29, 0.717) is 43.0 Å². The number of rotatable bonds is 4. The molecule has 2 aromatic heterocycles. The van der Waals surface area contributed by atoms with E-state index >= 15 is 0 Å². The Kier molecular flexibility index (Phi) is 4.38. The van der Waals surface area contributed by atoms with Crippen molar-refractivity contribution in [3.05, 3.63) is 47.2 Å². The predicted octanol–water partition coefficient (Wildman–Crippen LogP) is 2.10. The van der Waals surface area contributed by atoms with Gasteiger partial charge in [0.15, 0.2) is 5.65 Å². The number of halogens is 1. The van der Waals surface area contributed by atoms with Crippen molar-refractivity contribution >= 4 is 21.4 Å². The van der Waals surface area contributed by atoms with Crippen LogP contribution in [0.5, 0.6) is 5.75 Å². The maximum absolute atomic E-state index is 14.4. The van der Waals surface area contributed by atoms with Gasteiger partial charge in [-0.2, -0.15) is 0 Å². The number of sulfone groups is 1. The minimum atomic E-state index is -2.94. The predicted molar refractivity (Wildman–Crippen MR) is 104 cm³/mol. The Balaban J connectivity index is 1.42. The van der Waals surface area contributed by atoms with Crippen LogP contribution in [0.1, 0.15) is 35.4 Å². The normalized spacial score (nSPS) is 18.5. The third-order valence-electron chi connectivity index (χ3n) is 5.72. The number of hydrogen-bond acceptors (Lipinski definition) is 7. The van der Waals surface area contributed by atoms with Crippen LogP contribution in [-0.2, 0) is 22.8 Å². The lowest BCUT2D eigenvalue weighted by Gasteiger charge is -2.22. The molecule has 2 aliphatic heterocycles. The molecule has 5 rings (SSSR count). The van der Waals surface area contributed by atoms with E-state index in [-0.39, 0.29) is 29.8 Å². The quantitative estimate of drug-likeness (QED) is 0.694. The Bertz CT molecular complexity index is 1180. The van der Waals surface area contributed by atoms with E-state index < -0.39 is 9.84 Å². The number of benzene rings is 1. The first-order valence-corrected chi connectivity index (χ1v) is 11.4.